The van der Waals surface area contributed by atoms with Crippen molar-refractivity contribution in [3.8, 4) is 11.4 Å². The number of nitrogens with zero attached hydrogens (tertiary/aromatic N) is 5. The third-order valence-corrected chi connectivity index (χ3v) is 5.71. The molecule has 2 heterocycles. The van der Waals surface area contributed by atoms with Crippen molar-refractivity contribution in [1.82, 2.24) is 35.6 Å². The lowest BCUT2D eigenvalue weighted by atomic mass is 10.1. The summed E-state index contributed by atoms with van der Waals surface area (Å²) in [4.78, 5) is 39.0. The molecule has 0 radical (unpaired) electrons. The van der Waals surface area contributed by atoms with Crippen LogP contribution in [-0.4, -0.2) is 36.6 Å². The highest BCUT2D eigenvalue weighted by Gasteiger charge is 2.15. The summed E-state index contributed by atoms with van der Waals surface area (Å²) in [6.07, 6.45) is 0. The molecule has 2 N–H and O–H groups in total. The maximum Gasteiger partial charge on any atom is 0.270 e. The second-order valence-corrected chi connectivity index (χ2v) is 8.09. The van der Waals surface area contributed by atoms with Crippen LogP contribution in [0.25, 0.3) is 22.3 Å². The molecule has 0 unspecified atom stereocenters. The van der Waals surface area contributed by atoms with E-state index in [1.165, 1.54) is 15.4 Å². The highest BCUT2D eigenvalue weighted by atomic mass is 16.2. The normalized spacial score (nSPS) is 10.8. The van der Waals surface area contributed by atoms with Gasteiger partial charge in [0.25, 0.3) is 17.4 Å². The van der Waals surface area contributed by atoms with Crippen LogP contribution in [0, 0.1) is 0 Å². The van der Waals surface area contributed by atoms with Crippen molar-refractivity contribution < 1.29 is 9.59 Å². The number of hydrogen-bond acceptors (Lipinski definition) is 6. The maximum absolute atomic E-state index is 12.7. The minimum atomic E-state index is -0.583. The van der Waals surface area contributed by atoms with Gasteiger partial charge in [0.1, 0.15) is 0 Å². The molecule has 3 aromatic carbocycles. The fourth-order valence-electron chi connectivity index (χ4n) is 3.79. The minimum Gasteiger partial charge on any atom is -0.311 e. The molecule has 36 heavy (non-hydrogen) atoms. The number of carbonyl (C=O) groups excluding carboxylic acids is 2. The molecule has 2 aromatic heterocycles. The summed E-state index contributed by atoms with van der Waals surface area (Å²) >= 11 is 0. The van der Waals surface area contributed by atoms with Gasteiger partial charge in [-0.3, -0.25) is 25.2 Å². The predicted octanol–water partition coefficient (Wildman–Crippen LogP) is 2.32. The zero-order valence-corrected chi connectivity index (χ0v) is 19.3. The van der Waals surface area contributed by atoms with E-state index in [-0.39, 0.29) is 11.1 Å². The Morgan fingerprint density at radius 1 is 0.861 bits per heavy atom. The molecule has 0 aliphatic heterocycles. The Labute approximate surface area is 205 Å². The average molecular weight is 480 g/mol. The molecule has 0 aliphatic carbocycles. The number of aryl methyl sites for hydroxylation is 1. The van der Waals surface area contributed by atoms with Gasteiger partial charge >= 0.3 is 0 Å². The third kappa shape index (κ3) is 4.60. The Morgan fingerprint density at radius 2 is 1.56 bits per heavy atom. The van der Waals surface area contributed by atoms with Crippen LogP contribution in [0.4, 0.5) is 0 Å². The van der Waals surface area contributed by atoms with Crippen molar-refractivity contribution in [3.05, 3.63) is 112 Å². The first kappa shape index (κ1) is 22.7. The Hall–Kier alpha value is -5.12. The number of para-hydroxylation sites is 1. The van der Waals surface area contributed by atoms with E-state index in [0.29, 0.717) is 28.8 Å². The van der Waals surface area contributed by atoms with Gasteiger partial charge in [-0.15, -0.1) is 10.2 Å². The van der Waals surface area contributed by atoms with Crippen molar-refractivity contribution >= 4 is 22.7 Å². The van der Waals surface area contributed by atoms with Crippen LogP contribution in [0.15, 0.2) is 89.7 Å². The van der Waals surface area contributed by atoms with Crippen LogP contribution in [0.3, 0.4) is 0 Å². The predicted molar refractivity (Wildman–Crippen MR) is 133 cm³/mol. The molecule has 5 aromatic rings. The van der Waals surface area contributed by atoms with E-state index in [1.54, 1.807) is 55.6 Å². The number of amides is 2. The second-order valence-electron chi connectivity index (χ2n) is 8.09. The molecule has 2 amide bonds. The first-order valence-electron chi connectivity index (χ1n) is 11.1. The van der Waals surface area contributed by atoms with Crippen molar-refractivity contribution in [1.29, 1.82) is 0 Å². The van der Waals surface area contributed by atoms with Gasteiger partial charge in [-0.05, 0) is 29.0 Å². The summed E-state index contributed by atoms with van der Waals surface area (Å²) in [5.74, 6) is -0.542. The van der Waals surface area contributed by atoms with Gasteiger partial charge in [0.05, 0.1) is 17.6 Å². The van der Waals surface area contributed by atoms with Crippen LogP contribution in [-0.2, 0) is 13.6 Å². The van der Waals surface area contributed by atoms with Crippen molar-refractivity contribution in [2.24, 2.45) is 7.05 Å². The molecule has 0 aliphatic rings. The Bertz CT molecular complexity index is 1620. The van der Waals surface area contributed by atoms with E-state index in [0.717, 1.165) is 11.1 Å². The SMILES string of the molecule is Cn1c(=O)cc(C(=O)NNC(=O)c2ccc(Cn3nnc(-c4ccccc4)n3)cc2)c2ccccc21. The zero-order chi connectivity index (χ0) is 25.1. The highest BCUT2D eigenvalue weighted by Crippen LogP contribution is 2.16. The largest absolute Gasteiger partial charge is 0.311 e. The number of aromatic nitrogens is 5. The standard InChI is InChI=1S/C26H21N7O3/c1-32-22-10-6-5-9-20(22)21(15-23(32)34)26(36)29-28-25(35)19-13-11-17(12-14-19)16-33-30-24(27-31-33)18-7-3-2-4-8-18/h2-15H,16H2,1H3,(H,28,35)(H,29,36). The summed E-state index contributed by atoms with van der Waals surface area (Å²) in [5.41, 5.74) is 7.37. The first-order valence-corrected chi connectivity index (χ1v) is 11.1. The summed E-state index contributed by atoms with van der Waals surface area (Å²) in [6, 6.07) is 24.7. The van der Waals surface area contributed by atoms with Crippen molar-refractivity contribution in [2.45, 2.75) is 6.54 Å². The molecular formula is C26H21N7O3. The fraction of sp³-hybridized carbons (Fsp3) is 0.0769. The summed E-state index contributed by atoms with van der Waals surface area (Å²) in [7, 11) is 1.64. The number of hydrazine groups is 1. The maximum atomic E-state index is 12.7. The number of tetrazole rings is 1. The number of rotatable bonds is 5. The van der Waals surface area contributed by atoms with Gasteiger partial charge in [-0.2, -0.15) is 4.80 Å². The summed E-state index contributed by atoms with van der Waals surface area (Å²) in [5, 5.41) is 13.2. The monoisotopic (exact) mass is 479 g/mol. The van der Waals surface area contributed by atoms with Crippen LogP contribution in [0.2, 0.25) is 0 Å². The van der Waals surface area contributed by atoms with Gasteiger partial charge in [0, 0.05) is 29.6 Å². The number of fused-ring (bicyclic) bond motifs is 1. The van der Waals surface area contributed by atoms with Crippen LogP contribution in [0.5, 0.6) is 0 Å². The molecule has 0 fully saturated rings. The van der Waals surface area contributed by atoms with Gasteiger partial charge < -0.3 is 4.57 Å². The van der Waals surface area contributed by atoms with Gasteiger partial charge in [0.2, 0.25) is 5.82 Å². The minimum absolute atomic E-state index is 0.180. The number of carbonyl (C=O) groups is 2. The average Bonchev–Trinajstić information content (AvgIpc) is 3.38. The molecular weight excluding hydrogens is 458 g/mol. The Kier molecular flexibility index (Phi) is 6.06. The third-order valence-electron chi connectivity index (χ3n) is 5.71. The van der Waals surface area contributed by atoms with E-state index in [1.807, 2.05) is 30.3 Å². The fourth-order valence-corrected chi connectivity index (χ4v) is 3.79. The van der Waals surface area contributed by atoms with E-state index in [4.69, 9.17) is 0 Å². The van der Waals surface area contributed by atoms with Crippen LogP contribution >= 0.6 is 0 Å². The second kappa shape index (κ2) is 9.63. The smallest absolute Gasteiger partial charge is 0.270 e. The topological polar surface area (TPSA) is 124 Å². The molecule has 178 valence electrons. The summed E-state index contributed by atoms with van der Waals surface area (Å²) in [6.45, 7) is 0.383. The van der Waals surface area contributed by atoms with E-state index in [2.05, 4.69) is 26.3 Å². The van der Waals surface area contributed by atoms with Gasteiger partial charge in [-0.1, -0.05) is 60.7 Å². The van der Waals surface area contributed by atoms with Crippen molar-refractivity contribution in [2.75, 3.05) is 0 Å². The number of benzene rings is 3. The van der Waals surface area contributed by atoms with Crippen LogP contribution < -0.4 is 16.4 Å². The Morgan fingerprint density at radius 3 is 2.33 bits per heavy atom. The summed E-state index contributed by atoms with van der Waals surface area (Å²) < 4.78 is 1.46. The number of pyridine rings is 1. The van der Waals surface area contributed by atoms with E-state index >= 15 is 0 Å². The lowest BCUT2D eigenvalue weighted by molar-refractivity contribution is 0.0847. The molecule has 0 saturated heterocycles. The molecule has 0 saturated carbocycles. The quantitative estimate of drug-likeness (QED) is 0.373. The van der Waals surface area contributed by atoms with Gasteiger partial charge in [0.15, 0.2) is 0 Å². The molecule has 0 atom stereocenters. The molecule has 10 heteroatoms. The van der Waals surface area contributed by atoms with Crippen LogP contribution in [0.1, 0.15) is 26.3 Å². The molecule has 10 nitrogen and oxygen atoms in total. The Balaban J connectivity index is 1.23. The van der Waals surface area contributed by atoms with Crippen molar-refractivity contribution in [3.63, 3.8) is 0 Å². The lowest BCUT2D eigenvalue weighted by Crippen LogP contribution is -2.42. The highest BCUT2D eigenvalue weighted by molar-refractivity contribution is 6.07. The van der Waals surface area contributed by atoms with Gasteiger partial charge in [-0.25, -0.2) is 0 Å². The molecule has 0 spiro atoms. The molecule has 5 rings (SSSR count). The number of nitrogens with one attached hydrogen (secondary N) is 2. The first-order chi connectivity index (χ1) is 17.5. The zero-order valence-electron chi connectivity index (χ0n) is 19.3. The lowest BCUT2D eigenvalue weighted by Gasteiger charge is -2.11. The number of hydrogen-bond donors (Lipinski definition) is 2. The molecule has 0 bridgehead atoms. The van der Waals surface area contributed by atoms with E-state index in [9.17, 15) is 14.4 Å². The van der Waals surface area contributed by atoms with E-state index < -0.39 is 11.8 Å².